The number of ether oxygens (including phenoxy) is 3. The van der Waals surface area contributed by atoms with Crippen molar-refractivity contribution in [3.05, 3.63) is 23.8 Å². The van der Waals surface area contributed by atoms with Gasteiger partial charge in [-0.2, -0.15) is 0 Å². The number of benzene rings is 1. The van der Waals surface area contributed by atoms with Crippen molar-refractivity contribution in [3.63, 3.8) is 0 Å². The molecular formula is C14H21NO5. The van der Waals surface area contributed by atoms with Crippen molar-refractivity contribution in [3.8, 4) is 11.5 Å². The average molecular weight is 283 g/mol. The van der Waals surface area contributed by atoms with E-state index in [-0.39, 0.29) is 25.7 Å². The van der Waals surface area contributed by atoms with Crippen LogP contribution in [0.1, 0.15) is 5.56 Å². The highest BCUT2D eigenvalue weighted by atomic mass is 16.5. The first-order valence-corrected chi connectivity index (χ1v) is 6.27. The highest BCUT2D eigenvalue weighted by Gasteiger charge is 2.12. The van der Waals surface area contributed by atoms with E-state index in [4.69, 9.17) is 19.3 Å². The van der Waals surface area contributed by atoms with Gasteiger partial charge in [-0.3, -0.25) is 4.79 Å². The molecule has 0 heterocycles. The molecule has 20 heavy (non-hydrogen) atoms. The van der Waals surface area contributed by atoms with Crippen LogP contribution in [0.25, 0.3) is 0 Å². The number of carbonyl (C=O) groups excluding carboxylic acids is 1. The molecule has 1 rings (SSSR count). The van der Waals surface area contributed by atoms with Gasteiger partial charge in [0.25, 0.3) is 5.91 Å². The monoisotopic (exact) mass is 283 g/mol. The maximum absolute atomic E-state index is 11.7. The molecule has 6 heteroatoms. The number of nitrogens with one attached hydrogen (secondary N) is 1. The van der Waals surface area contributed by atoms with Gasteiger partial charge in [0.2, 0.25) is 0 Å². The fourth-order valence-corrected chi connectivity index (χ4v) is 1.65. The first-order chi connectivity index (χ1) is 9.60. The quantitative estimate of drug-likeness (QED) is 0.727. The number of aliphatic hydroxyl groups excluding tert-OH is 1. The number of amides is 1. The van der Waals surface area contributed by atoms with Crippen LogP contribution in [0.15, 0.2) is 18.2 Å². The molecule has 1 aromatic carbocycles. The summed E-state index contributed by atoms with van der Waals surface area (Å²) < 4.78 is 15.5. The van der Waals surface area contributed by atoms with Gasteiger partial charge in [-0.15, -0.1) is 0 Å². The molecule has 1 unspecified atom stereocenters. The lowest BCUT2D eigenvalue weighted by molar-refractivity contribution is -0.124. The Morgan fingerprint density at radius 2 is 2.10 bits per heavy atom. The van der Waals surface area contributed by atoms with Gasteiger partial charge in [0, 0.05) is 7.11 Å². The van der Waals surface area contributed by atoms with Crippen molar-refractivity contribution in [2.45, 2.75) is 13.0 Å². The van der Waals surface area contributed by atoms with Gasteiger partial charge in [-0.25, -0.2) is 0 Å². The molecule has 0 aliphatic rings. The van der Waals surface area contributed by atoms with E-state index in [2.05, 4.69) is 5.32 Å². The smallest absolute Gasteiger partial charge is 0.258 e. The topological polar surface area (TPSA) is 77.0 Å². The van der Waals surface area contributed by atoms with Crippen molar-refractivity contribution in [2.24, 2.45) is 0 Å². The summed E-state index contributed by atoms with van der Waals surface area (Å²) in [5.74, 6) is 0.748. The van der Waals surface area contributed by atoms with Gasteiger partial charge in [0.05, 0.1) is 26.4 Å². The molecule has 112 valence electrons. The zero-order valence-electron chi connectivity index (χ0n) is 12.0. The van der Waals surface area contributed by atoms with Crippen LogP contribution in [0.4, 0.5) is 0 Å². The van der Waals surface area contributed by atoms with Gasteiger partial charge in [0.15, 0.2) is 18.1 Å². The number of methoxy groups -OCH3 is 2. The fraction of sp³-hybridized carbons (Fsp3) is 0.500. The Balaban J connectivity index is 2.52. The molecule has 0 spiro atoms. The van der Waals surface area contributed by atoms with Crippen LogP contribution in [0.2, 0.25) is 0 Å². The number of aryl methyl sites for hydroxylation is 1. The molecule has 0 bridgehead atoms. The third kappa shape index (κ3) is 5.07. The predicted octanol–water partition coefficient (Wildman–Crippen LogP) is 0.506. The van der Waals surface area contributed by atoms with Crippen molar-refractivity contribution in [1.29, 1.82) is 0 Å². The van der Waals surface area contributed by atoms with Crippen molar-refractivity contribution in [2.75, 3.05) is 34.0 Å². The Bertz CT molecular complexity index is 436. The lowest BCUT2D eigenvalue weighted by Gasteiger charge is -2.16. The highest BCUT2D eigenvalue weighted by Crippen LogP contribution is 2.27. The number of carbonyl (C=O) groups is 1. The standard InChI is InChI=1S/C14H21NO5/c1-10-4-5-12(13(6-10)19-3)20-9-14(17)15-11(7-16)8-18-2/h4-6,11,16H,7-9H2,1-3H3,(H,15,17). The number of rotatable bonds is 8. The molecule has 2 N–H and O–H groups in total. The minimum Gasteiger partial charge on any atom is -0.493 e. The largest absolute Gasteiger partial charge is 0.493 e. The zero-order chi connectivity index (χ0) is 15.0. The van der Waals surface area contributed by atoms with E-state index in [0.29, 0.717) is 11.5 Å². The third-order valence-electron chi connectivity index (χ3n) is 2.63. The first-order valence-electron chi connectivity index (χ1n) is 6.27. The van der Waals surface area contributed by atoms with Gasteiger partial charge in [-0.05, 0) is 24.6 Å². The minimum atomic E-state index is -0.434. The number of hydrogen-bond acceptors (Lipinski definition) is 5. The summed E-state index contributed by atoms with van der Waals surface area (Å²) in [5.41, 5.74) is 1.04. The van der Waals surface area contributed by atoms with Crippen LogP contribution in [0.3, 0.4) is 0 Å². The average Bonchev–Trinajstić information content (AvgIpc) is 2.45. The van der Waals surface area contributed by atoms with Crippen molar-refractivity contribution in [1.82, 2.24) is 5.32 Å². The van der Waals surface area contributed by atoms with Crippen LogP contribution in [0.5, 0.6) is 11.5 Å². The zero-order valence-corrected chi connectivity index (χ0v) is 12.0. The summed E-state index contributed by atoms with van der Waals surface area (Å²) >= 11 is 0. The summed E-state index contributed by atoms with van der Waals surface area (Å²) in [6.07, 6.45) is 0. The van der Waals surface area contributed by atoms with E-state index in [1.54, 1.807) is 13.2 Å². The molecule has 0 radical (unpaired) electrons. The van der Waals surface area contributed by atoms with Crippen LogP contribution >= 0.6 is 0 Å². The normalized spacial score (nSPS) is 11.8. The fourth-order valence-electron chi connectivity index (χ4n) is 1.65. The molecule has 0 aromatic heterocycles. The maximum atomic E-state index is 11.7. The number of hydrogen-bond donors (Lipinski definition) is 2. The number of aliphatic hydroxyl groups is 1. The van der Waals surface area contributed by atoms with Gasteiger partial charge in [-0.1, -0.05) is 6.07 Å². The van der Waals surface area contributed by atoms with Crippen molar-refractivity contribution < 1.29 is 24.1 Å². The summed E-state index contributed by atoms with van der Waals surface area (Å²) in [4.78, 5) is 11.7. The molecule has 1 atom stereocenters. The lowest BCUT2D eigenvalue weighted by atomic mass is 10.2. The molecule has 0 saturated carbocycles. The first kappa shape index (κ1) is 16.3. The predicted molar refractivity (Wildman–Crippen MR) is 74.1 cm³/mol. The van der Waals surface area contributed by atoms with Crippen LogP contribution in [0, 0.1) is 6.92 Å². The van der Waals surface area contributed by atoms with Crippen LogP contribution < -0.4 is 14.8 Å². The minimum absolute atomic E-state index is 0.153. The van der Waals surface area contributed by atoms with E-state index >= 15 is 0 Å². The second kappa shape index (κ2) is 8.39. The Morgan fingerprint density at radius 3 is 2.70 bits per heavy atom. The summed E-state index contributed by atoms with van der Waals surface area (Å²) in [6, 6.07) is 5.02. The summed E-state index contributed by atoms with van der Waals surface area (Å²) in [5, 5.41) is 11.7. The van der Waals surface area contributed by atoms with E-state index < -0.39 is 6.04 Å². The Hall–Kier alpha value is -1.79. The molecule has 0 aliphatic carbocycles. The maximum Gasteiger partial charge on any atom is 0.258 e. The van der Waals surface area contributed by atoms with Crippen LogP contribution in [-0.4, -0.2) is 51.1 Å². The van der Waals surface area contributed by atoms with Gasteiger partial charge in [0.1, 0.15) is 0 Å². The molecule has 0 fully saturated rings. The van der Waals surface area contributed by atoms with Gasteiger partial charge < -0.3 is 24.6 Å². The van der Waals surface area contributed by atoms with E-state index in [1.807, 2.05) is 19.1 Å². The van der Waals surface area contributed by atoms with E-state index in [1.165, 1.54) is 7.11 Å². The second-order valence-electron chi connectivity index (χ2n) is 4.35. The third-order valence-corrected chi connectivity index (χ3v) is 2.63. The molecule has 0 saturated heterocycles. The van der Waals surface area contributed by atoms with Gasteiger partial charge >= 0.3 is 0 Å². The Morgan fingerprint density at radius 1 is 1.35 bits per heavy atom. The highest BCUT2D eigenvalue weighted by molar-refractivity contribution is 5.78. The second-order valence-corrected chi connectivity index (χ2v) is 4.35. The molecule has 1 amide bonds. The lowest BCUT2D eigenvalue weighted by Crippen LogP contribution is -2.42. The Kier molecular flexibility index (Phi) is 6.83. The van der Waals surface area contributed by atoms with Crippen LogP contribution in [-0.2, 0) is 9.53 Å². The molecule has 6 nitrogen and oxygen atoms in total. The SMILES string of the molecule is COCC(CO)NC(=O)COc1ccc(C)cc1OC. The summed E-state index contributed by atoms with van der Waals surface area (Å²) in [6.45, 7) is 1.85. The molecular weight excluding hydrogens is 262 g/mol. The molecule has 0 aliphatic heterocycles. The van der Waals surface area contributed by atoms with E-state index in [0.717, 1.165) is 5.56 Å². The van der Waals surface area contributed by atoms with Crippen molar-refractivity contribution >= 4 is 5.91 Å². The van der Waals surface area contributed by atoms with E-state index in [9.17, 15) is 4.79 Å². The summed E-state index contributed by atoms with van der Waals surface area (Å²) in [7, 11) is 3.05. The molecule has 1 aromatic rings. The Labute approximate surface area is 118 Å².